The number of aliphatic carboxylic acids is 1. The number of halogens is 3. The summed E-state index contributed by atoms with van der Waals surface area (Å²) in [6, 6.07) is 1.87. The Kier molecular flexibility index (Phi) is 3.09. The van der Waals surface area contributed by atoms with E-state index < -0.39 is 29.6 Å². The Hall–Kier alpha value is -1.76. The topological polar surface area (TPSA) is 77.8 Å². The van der Waals surface area contributed by atoms with Crippen LogP contribution < -0.4 is 0 Å². The highest BCUT2D eigenvalue weighted by Crippen LogP contribution is 2.36. The fraction of sp³-hybridized carbons (Fsp3) is 0.222. The van der Waals surface area contributed by atoms with Crippen molar-refractivity contribution in [3.05, 3.63) is 29.3 Å². The zero-order valence-corrected chi connectivity index (χ0v) is 7.69. The van der Waals surface area contributed by atoms with Gasteiger partial charge in [-0.25, -0.2) is 4.79 Å². The Morgan fingerprint density at radius 1 is 1.31 bits per heavy atom. The lowest BCUT2D eigenvalue weighted by molar-refractivity contribution is -0.146. The number of carboxylic acid groups (broad SMARTS) is 1. The monoisotopic (exact) mass is 236 g/mol. The Labute approximate surface area is 87.6 Å². The van der Waals surface area contributed by atoms with E-state index >= 15 is 0 Å². The number of hydrogen-bond acceptors (Lipinski definition) is 3. The molecule has 4 nitrogen and oxygen atoms in total. The molecule has 0 saturated heterocycles. The van der Waals surface area contributed by atoms with Gasteiger partial charge in [0, 0.05) is 0 Å². The smallest absolute Gasteiger partial charge is 0.419 e. The van der Waals surface area contributed by atoms with Crippen LogP contribution in [0.25, 0.3) is 0 Å². The normalized spacial score (nSPS) is 13.5. The maximum absolute atomic E-state index is 12.2. The van der Waals surface area contributed by atoms with Crippen molar-refractivity contribution in [3.63, 3.8) is 0 Å². The van der Waals surface area contributed by atoms with Crippen molar-refractivity contribution in [1.82, 2.24) is 0 Å². The van der Waals surface area contributed by atoms with Gasteiger partial charge in [0.25, 0.3) is 0 Å². The first-order valence-corrected chi connectivity index (χ1v) is 4.04. The molecule has 1 rings (SSSR count). The number of phenolic OH excluding ortho intramolecular Hbond substituents is 1. The molecule has 0 saturated carbocycles. The lowest BCUT2D eigenvalue weighted by Gasteiger charge is -2.11. The molecule has 0 amide bonds. The molecular formula is C9H7F3O4. The van der Waals surface area contributed by atoms with Crippen molar-refractivity contribution >= 4 is 5.97 Å². The fourth-order valence-electron chi connectivity index (χ4n) is 1.10. The summed E-state index contributed by atoms with van der Waals surface area (Å²) in [5.41, 5.74) is -1.60. The fourth-order valence-corrected chi connectivity index (χ4v) is 1.10. The number of aromatic hydroxyl groups is 1. The highest BCUT2D eigenvalue weighted by atomic mass is 19.4. The van der Waals surface area contributed by atoms with E-state index in [9.17, 15) is 18.0 Å². The largest absolute Gasteiger partial charge is 0.507 e. The minimum absolute atomic E-state index is 0.321. The molecule has 0 aliphatic rings. The molecule has 0 fully saturated rings. The van der Waals surface area contributed by atoms with Gasteiger partial charge >= 0.3 is 12.1 Å². The minimum atomic E-state index is -4.73. The summed E-state index contributed by atoms with van der Waals surface area (Å²) in [4.78, 5) is 10.3. The van der Waals surface area contributed by atoms with E-state index in [0.717, 1.165) is 6.07 Å². The Balaban J connectivity index is 3.14. The van der Waals surface area contributed by atoms with E-state index in [-0.39, 0.29) is 5.56 Å². The van der Waals surface area contributed by atoms with Crippen molar-refractivity contribution in [2.45, 2.75) is 12.3 Å². The van der Waals surface area contributed by atoms with Gasteiger partial charge in [-0.15, -0.1) is 0 Å². The molecule has 16 heavy (non-hydrogen) atoms. The Morgan fingerprint density at radius 2 is 1.88 bits per heavy atom. The van der Waals surface area contributed by atoms with Crippen LogP contribution in [0, 0.1) is 0 Å². The second kappa shape index (κ2) is 4.01. The first kappa shape index (κ1) is 12.3. The summed E-state index contributed by atoms with van der Waals surface area (Å²) in [6.45, 7) is 0. The van der Waals surface area contributed by atoms with Crippen molar-refractivity contribution in [2.24, 2.45) is 0 Å². The summed E-state index contributed by atoms with van der Waals surface area (Å²) in [5, 5.41) is 26.5. The van der Waals surface area contributed by atoms with Crippen LogP contribution in [-0.4, -0.2) is 21.3 Å². The van der Waals surface area contributed by atoms with E-state index in [0.29, 0.717) is 12.1 Å². The summed E-state index contributed by atoms with van der Waals surface area (Å²) in [5.74, 6) is -2.73. The van der Waals surface area contributed by atoms with Gasteiger partial charge in [-0.05, 0) is 17.7 Å². The summed E-state index contributed by atoms with van der Waals surface area (Å²) in [6.07, 6.45) is -6.69. The number of rotatable bonds is 2. The van der Waals surface area contributed by atoms with Gasteiger partial charge in [0.1, 0.15) is 5.75 Å². The average molecular weight is 236 g/mol. The molecule has 88 valence electrons. The zero-order chi connectivity index (χ0) is 12.5. The first-order valence-electron chi connectivity index (χ1n) is 4.04. The highest BCUT2D eigenvalue weighted by molar-refractivity contribution is 5.74. The van der Waals surface area contributed by atoms with E-state index in [2.05, 4.69) is 0 Å². The van der Waals surface area contributed by atoms with Gasteiger partial charge < -0.3 is 15.3 Å². The average Bonchev–Trinajstić information content (AvgIpc) is 2.14. The Bertz CT molecular complexity index is 414. The quantitative estimate of drug-likeness (QED) is 0.727. The van der Waals surface area contributed by atoms with Gasteiger partial charge in [-0.2, -0.15) is 13.2 Å². The maximum atomic E-state index is 12.2. The van der Waals surface area contributed by atoms with Crippen LogP contribution in [-0.2, 0) is 11.0 Å². The molecule has 1 atom stereocenters. The summed E-state index contributed by atoms with van der Waals surface area (Å²) >= 11 is 0. The molecule has 3 N–H and O–H groups in total. The predicted molar refractivity (Wildman–Crippen MR) is 45.7 cm³/mol. The lowest BCUT2D eigenvalue weighted by atomic mass is 10.1. The van der Waals surface area contributed by atoms with Gasteiger partial charge in [0.15, 0.2) is 6.10 Å². The molecule has 0 radical (unpaired) electrons. The summed E-state index contributed by atoms with van der Waals surface area (Å²) in [7, 11) is 0. The Morgan fingerprint density at radius 3 is 2.25 bits per heavy atom. The maximum Gasteiger partial charge on any atom is 0.419 e. The third kappa shape index (κ3) is 2.43. The molecule has 1 aromatic carbocycles. The number of aliphatic hydroxyl groups excluding tert-OH is 1. The number of aliphatic hydroxyl groups is 1. The molecule has 0 unspecified atom stereocenters. The van der Waals surface area contributed by atoms with Crippen LogP contribution >= 0.6 is 0 Å². The molecular weight excluding hydrogens is 229 g/mol. The number of carboxylic acids is 1. The van der Waals surface area contributed by atoms with Gasteiger partial charge in [-0.1, -0.05) is 6.07 Å². The zero-order valence-electron chi connectivity index (χ0n) is 7.69. The van der Waals surface area contributed by atoms with Crippen molar-refractivity contribution in [1.29, 1.82) is 0 Å². The van der Waals surface area contributed by atoms with Crippen LogP contribution in [0.15, 0.2) is 18.2 Å². The van der Waals surface area contributed by atoms with E-state index in [1.165, 1.54) is 0 Å². The van der Waals surface area contributed by atoms with E-state index in [1.54, 1.807) is 0 Å². The molecule has 0 heterocycles. The van der Waals surface area contributed by atoms with Crippen molar-refractivity contribution in [2.75, 3.05) is 0 Å². The number of carbonyl (C=O) groups is 1. The van der Waals surface area contributed by atoms with E-state index in [4.69, 9.17) is 15.3 Å². The van der Waals surface area contributed by atoms with Crippen LogP contribution in [0.5, 0.6) is 5.75 Å². The predicted octanol–water partition coefficient (Wildman–Crippen LogP) is 1.53. The number of benzene rings is 1. The second-order valence-electron chi connectivity index (χ2n) is 3.02. The molecule has 0 aliphatic carbocycles. The standard InChI is InChI=1S/C9H7F3O4/c10-9(11,12)5-2-1-4(3-6(5)13)7(14)8(15)16/h1-3,7,13-14H,(H,15,16)/t7-/m1/s1. The summed E-state index contributed by atoms with van der Waals surface area (Å²) < 4.78 is 36.6. The minimum Gasteiger partial charge on any atom is -0.507 e. The van der Waals surface area contributed by atoms with Gasteiger partial charge in [0.05, 0.1) is 5.56 Å². The number of phenols is 1. The van der Waals surface area contributed by atoms with E-state index in [1.807, 2.05) is 0 Å². The third-order valence-corrected chi connectivity index (χ3v) is 1.88. The highest BCUT2D eigenvalue weighted by Gasteiger charge is 2.34. The van der Waals surface area contributed by atoms with Crippen LogP contribution in [0.3, 0.4) is 0 Å². The van der Waals surface area contributed by atoms with Crippen LogP contribution in [0.2, 0.25) is 0 Å². The molecule has 0 spiro atoms. The van der Waals surface area contributed by atoms with Crippen LogP contribution in [0.4, 0.5) is 13.2 Å². The third-order valence-electron chi connectivity index (χ3n) is 1.88. The van der Waals surface area contributed by atoms with Crippen molar-refractivity contribution < 1.29 is 33.3 Å². The van der Waals surface area contributed by atoms with Gasteiger partial charge in [-0.3, -0.25) is 0 Å². The van der Waals surface area contributed by atoms with Crippen LogP contribution in [0.1, 0.15) is 17.2 Å². The molecule has 0 aromatic heterocycles. The molecule has 7 heteroatoms. The van der Waals surface area contributed by atoms with Crippen molar-refractivity contribution in [3.8, 4) is 5.75 Å². The lowest BCUT2D eigenvalue weighted by Crippen LogP contribution is -2.11. The second-order valence-corrected chi connectivity index (χ2v) is 3.02. The molecule has 0 bridgehead atoms. The molecule has 1 aromatic rings. The number of hydrogen-bond donors (Lipinski definition) is 3. The number of alkyl halides is 3. The van der Waals surface area contributed by atoms with Gasteiger partial charge in [0.2, 0.25) is 0 Å². The first-order chi connectivity index (χ1) is 7.23. The SMILES string of the molecule is O=C(O)[C@H](O)c1ccc(C(F)(F)F)c(O)c1. The molecule has 0 aliphatic heterocycles.